The Morgan fingerprint density at radius 1 is 1.12 bits per heavy atom. The summed E-state index contributed by atoms with van der Waals surface area (Å²) >= 11 is 1.61. The van der Waals surface area contributed by atoms with E-state index in [0.717, 1.165) is 30.0 Å². The number of aromatic nitrogens is 6. The van der Waals surface area contributed by atoms with Crippen LogP contribution in [0.2, 0.25) is 0 Å². The lowest BCUT2D eigenvalue weighted by atomic mass is 10.0. The quantitative estimate of drug-likeness (QED) is 0.228. The van der Waals surface area contributed by atoms with Crippen molar-refractivity contribution in [2.45, 2.75) is 58.9 Å². The van der Waals surface area contributed by atoms with Crippen LogP contribution < -0.4 is 0 Å². The molecule has 1 saturated heterocycles. The van der Waals surface area contributed by atoms with Crippen molar-refractivity contribution < 1.29 is 9.21 Å². The fraction of sp³-hybridized carbons (Fsp3) is 0.333. The summed E-state index contributed by atoms with van der Waals surface area (Å²) in [6.07, 6.45) is 6.07. The third-order valence-electron chi connectivity index (χ3n) is 6.70. The van der Waals surface area contributed by atoms with Gasteiger partial charge in [0.05, 0.1) is 6.04 Å². The van der Waals surface area contributed by atoms with Crippen molar-refractivity contribution in [1.29, 1.82) is 0 Å². The van der Waals surface area contributed by atoms with Crippen molar-refractivity contribution in [3.8, 4) is 17.4 Å². The molecule has 0 N–H and O–H groups in total. The zero-order valence-corrected chi connectivity index (χ0v) is 24.0. The van der Waals surface area contributed by atoms with Crippen LogP contribution in [-0.4, -0.2) is 47.3 Å². The van der Waals surface area contributed by atoms with E-state index in [9.17, 15) is 4.79 Å². The van der Waals surface area contributed by atoms with Crippen molar-refractivity contribution in [3.05, 3.63) is 94.0 Å². The first-order valence-electron chi connectivity index (χ1n) is 13.7. The van der Waals surface area contributed by atoms with Gasteiger partial charge in [0, 0.05) is 41.5 Å². The summed E-state index contributed by atoms with van der Waals surface area (Å²) in [5.41, 5.74) is 3.11. The maximum absolute atomic E-state index is 13.8. The first-order valence-corrected chi connectivity index (χ1v) is 14.6. The fourth-order valence-corrected chi connectivity index (χ4v) is 5.76. The summed E-state index contributed by atoms with van der Waals surface area (Å²) < 4.78 is 7.71. The number of nitrogens with zero attached hydrogens (tertiary/aromatic N) is 7. The number of pyridine rings is 1. The molecule has 10 heteroatoms. The summed E-state index contributed by atoms with van der Waals surface area (Å²) in [4.78, 5) is 25.1. The van der Waals surface area contributed by atoms with Crippen molar-refractivity contribution >= 4 is 17.2 Å². The number of aryl methyl sites for hydroxylation is 1. The van der Waals surface area contributed by atoms with Crippen molar-refractivity contribution in [1.82, 2.24) is 34.8 Å². The van der Waals surface area contributed by atoms with E-state index in [0.29, 0.717) is 29.5 Å². The van der Waals surface area contributed by atoms with E-state index >= 15 is 0 Å². The minimum Gasteiger partial charge on any atom is -0.419 e. The van der Waals surface area contributed by atoms with E-state index in [1.54, 1.807) is 40.5 Å². The van der Waals surface area contributed by atoms with Gasteiger partial charge in [-0.25, -0.2) is 14.6 Å². The van der Waals surface area contributed by atoms with Gasteiger partial charge in [0.15, 0.2) is 5.82 Å². The van der Waals surface area contributed by atoms with Crippen LogP contribution in [0, 0.1) is 6.92 Å². The minimum absolute atomic E-state index is 0.0280. The molecule has 5 aromatic rings. The van der Waals surface area contributed by atoms with E-state index in [2.05, 4.69) is 39.3 Å². The number of rotatable bonds is 7. The van der Waals surface area contributed by atoms with E-state index in [1.807, 2.05) is 55.3 Å². The standard InChI is InChI=1S/C28H27N7O2S.C2H6/c1-18(14-20-8-4-3-5-9-20)25-32-33-26(37-25)22-15-21(16-24(31-22)35-13-7-11-29-35)28(36)34-12-6-10-23(34)27-30-19(2)17-38-27;1-2/h3-5,7-9,11,13,15-18,23H,6,10,12,14H2,1-2H3;1-2H3. The highest BCUT2D eigenvalue weighted by atomic mass is 32.1. The number of amides is 1. The molecule has 0 radical (unpaired) electrons. The molecular formula is C30H33N7O2S. The Balaban J connectivity index is 0.00000158. The molecule has 0 bridgehead atoms. The summed E-state index contributed by atoms with van der Waals surface area (Å²) in [6, 6.07) is 15.5. The number of benzene rings is 1. The zero-order valence-electron chi connectivity index (χ0n) is 23.2. The highest BCUT2D eigenvalue weighted by Crippen LogP contribution is 2.35. The molecular weight excluding hydrogens is 522 g/mol. The minimum atomic E-state index is -0.0745. The SMILES string of the molecule is CC.Cc1csc(C2CCCN2C(=O)c2cc(-c3nnc(C(C)Cc4ccccc4)o3)nc(-n3cccn3)c2)n1. The van der Waals surface area contributed by atoms with Crippen LogP contribution in [-0.2, 0) is 6.42 Å². The third-order valence-corrected chi connectivity index (χ3v) is 7.76. The normalized spacial score (nSPS) is 15.5. The van der Waals surface area contributed by atoms with Gasteiger partial charge in [-0.1, -0.05) is 51.1 Å². The molecule has 1 amide bonds. The fourth-order valence-electron chi connectivity index (χ4n) is 4.82. The van der Waals surface area contributed by atoms with Crippen molar-refractivity contribution in [3.63, 3.8) is 0 Å². The Bertz CT molecular complexity index is 1550. The number of hydrogen-bond acceptors (Lipinski definition) is 8. The average Bonchev–Trinajstić information content (AvgIpc) is 3.81. The van der Waals surface area contributed by atoms with Gasteiger partial charge >= 0.3 is 0 Å². The van der Waals surface area contributed by atoms with Crippen LogP contribution in [0.1, 0.15) is 78.1 Å². The predicted octanol–water partition coefficient (Wildman–Crippen LogP) is 6.43. The van der Waals surface area contributed by atoms with Crippen LogP contribution in [0.5, 0.6) is 0 Å². The predicted molar refractivity (Wildman–Crippen MR) is 154 cm³/mol. The summed E-state index contributed by atoms with van der Waals surface area (Å²) in [7, 11) is 0. The van der Waals surface area contributed by atoms with Gasteiger partial charge in [0.2, 0.25) is 5.89 Å². The Hall–Kier alpha value is -4.18. The topological polar surface area (TPSA) is 103 Å². The Morgan fingerprint density at radius 3 is 2.67 bits per heavy atom. The molecule has 206 valence electrons. The second-order valence-electron chi connectivity index (χ2n) is 9.57. The molecule has 0 spiro atoms. The first-order chi connectivity index (χ1) is 19.5. The maximum atomic E-state index is 13.8. The lowest BCUT2D eigenvalue weighted by Crippen LogP contribution is -2.30. The van der Waals surface area contributed by atoms with Crippen molar-refractivity contribution in [2.75, 3.05) is 6.54 Å². The van der Waals surface area contributed by atoms with Gasteiger partial charge in [-0.2, -0.15) is 5.10 Å². The Kier molecular flexibility index (Phi) is 8.45. The van der Waals surface area contributed by atoms with Gasteiger partial charge in [0.25, 0.3) is 11.8 Å². The molecule has 4 aromatic heterocycles. The molecule has 5 heterocycles. The zero-order chi connectivity index (χ0) is 28.1. The van der Waals surface area contributed by atoms with Gasteiger partial charge in [-0.05, 0) is 49.9 Å². The Morgan fingerprint density at radius 2 is 1.95 bits per heavy atom. The second kappa shape index (κ2) is 12.3. The number of carbonyl (C=O) groups is 1. The maximum Gasteiger partial charge on any atom is 0.266 e. The molecule has 6 rings (SSSR count). The van der Waals surface area contributed by atoms with E-state index in [4.69, 9.17) is 9.40 Å². The largest absolute Gasteiger partial charge is 0.419 e. The molecule has 2 unspecified atom stereocenters. The lowest BCUT2D eigenvalue weighted by molar-refractivity contribution is 0.0735. The van der Waals surface area contributed by atoms with Gasteiger partial charge in [-0.15, -0.1) is 21.5 Å². The summed E-state index contributed by atoms with van der Waals surface area (Å²) in [6.45, 7) is 8.71. The molecule has 1 aromatic carbocycles. The molecule has 1 aliphatic heterocycles. The van der Waals surface area contributed by atoms with Crippen molar-refractivity contribution in [2.24, 2.45) is 0 Å². The molecule has 1 fully saturated rings. The number of hydrogen-bond donors (Lipinski definition) is 0. The van der Waals surface area contributed by atoms with Gasteiger partial charge in [-0.3, -0.25) is 4.79 Å². The smallest absolute Gasteiger partial charge is 0.266 e. The molecule has 2 atom stereocenters. The number of carbonyl (C=O) groups excluding carboxylic acids is 1. The first kappa shape index (κ1) is 27.4. The van der Waals surface area contributed by atoms with Crippen LogP contribution in [0.4, 0.5) is 0 Å². The van der Waals surface area contributed by atoms with Crippen LogP contribution in [0.3, 0.4) is 0 Å². The monoisotopic (exact) mass is 555 g/mol. The van der Waals surface area contributed by atoms with Crippen LogP contribution in [0.15, 0.2) is 70.7 Å². The molecule has 0 saturated carbocycles. The lowest BCUT2D eigenvalue weighted by Gasteiger charge is -2.23. The van der Waals surface area contributed by atoms with Gasteiger partial charge in [0.1, 0.15) is 10.7 Å². The second-order valence-corrected chi connectivity index (χ2v) is 10.5. The molecule has 9 nitrogen and oxygen atoms in total. The van der Waals surface area contributed by atoms with Gasteiger partial charge < -0.3 is 9.32 Å². The molecule has 40 heavy (non-hydrogen) atoms. The third kappa shape index (κ3) is 5.86. The van der Waals surface area contributed by atoms with E-state index in [-0.39, 0.29) is 23.8 Å². The molecule has 1 aliphatic rings. The molecule has 0 aliphatic carbocycles. The highest BCUT2D eigenvalue weighted by Gasteiger charge is 2.33. The number of likely N-dealkylation sites (tertiary alicyclic amines) is 1. The van der Waals surface area contributed by atoms with Crippen LogP contribution in [0.25, 0.3) is 17.4 Å². The summed E-state index contributed by atoms with van der Waals surface area (Å²) in [5, 5.41) is 15.9. The van der Waals surface area contributed by atoms with E-state index in [1.165, 1.54) is 5.56 Å². The highest BCUT2D eigenvalue weighted by molar-refractivity contribution is 7.09. The van der Waals surface area contributed by atoms with Crippen LogP contribution >= 0.6 is 11.3 Å². The number of thiazole rings is 1. The Labute approximate surface area is 237 Å². The summed E-state index contributed by atoms with van der Waals surface area (Å²) in [5.74, 6) is 1.27. The average molecular weight is 556 g/mol. The van der Waals surface area contributed by atoms with E-state index < -0.39 is 0 Å².